The highest BCUT2D eigenvalue weighted by Gasteiger charge is 2.11. The molecule has 3 nitrogen and oxygen atoms in total. The monoisotopic (exact) mass is 250 g/mol. The fraction of sp³-hybridized carbons (Fsp3) is 0.667. The van der Waals surface area contributed by atoms with Crippen LogP contribution in [0.4, 0.5) is 0 Å². The highest BCUT2D eigenvalue weighted by molar-refractivity contribution is 5.23. The highest BCUT2D eigenvalue weighted by atomic mass is 16.5. The zero-order chi connectivity index (χ0) is 13.8. The maximum Gasteiger partial charge on any atom is 0.123 e. The number of aromatic nitrogens is 1. The van der Waals surface area contributed by atoms with Gasteiger partial charge in [0.2, 0.25) is 0 Å². The Balaban J connectivity index is 2.62. The van der Waals surface area contributed by atoms with E-state index in [0.717, 1.165) is 18.0 Å². The maximum atomic E-state index is 5.88. The van der Waals surface area contributed by atoms with Gasteiger partial charge >= 0.3 is 0 Å². The van der Waals surface area contributed by atoms with Gasteiger partial charge in [-0.25, -0.2) is 0 Å². The van der Waals surface area contributed by atoms with Crippen LogP contribution in [0.5, 0.6) is 5.75 Å². The Morgan fingerprint density at radius 2 is 1.94 bits per heavy atom. The van der Waals surface area contributed by atoms with E-state index in [1.807, 2.05) is 18.3 Å². The van der Waals surface area contributed by atoms with E-state index >= 15 is 0 Å². The molecule has 0 aliphatic rings. The summed E-state index contributed by atoms with van der Waals surface area (Å²) >= 11 is 0. The third-order valence-electron chi connectivity index (χ3n) is 2.85. The molecule has 0 saturated heterocycles. The summed E-state index contributed by atoms with van der Waals surface area (Å²) in [6.45, 7) is 13.6. The summed E-state index contributed by atoms with van der Waals surface area (Å²) in [4.78, 5) is 4.35. The molecule has 18 heavy (non-hydrogen) atoms. The predicted molar refractivity (Wildman–Crippen MR) is 75.8 cm³/mol. The second-order valence-electron chi connectivity index (χ2n) is 6.15. The Morgan fingerprint density at radius 1 is 1.28 bits per heavy atom. The van der Waals surface area contributed by atoms with Crippen molar-refractivity contribution < 1.29 is 4.74 Å². The van der Waals surface area contributed by atoms with E-state index in [4.69, 9.17) is 4.74 Å². The van der Waals surface area contributed by atoms with Crippen LogP contribution in [0, 0.1) is 5.92 Å². The molecule has 0 saturated carbocycles. The van der Waals surface area contributed by atoms with Gasteiger partial charge in [-0.15, -0.1) is 0 Å². The fourth-order valence-corrected chi connectivity index (χ4v) is 1.33. The maximum absolute atomic E-state index is 5.88. The standard InChI is InChI=1S/C15H26N2O/c1-11(2)12(3)18-14-7-8-16-13(9-14)10-17-15(4,5)6/h7-9,11-12,17H,10H2,1-6H3. The Hall–Kier alpha value is -1.09. The van der Waals surface area contributed by atoms with E-state index in [1.54, 1.807) is 0 Å². The average molecular weight is 250 g/mol. The molecule has 1 aromatic rings. The van der Waals surface area contributed by atoms with Gasteiger partial charge in [0.05, 0.1) is 11.8 Å². The van der Waals surface area contributed by atoms with Crippen molar-refractivity contribution in [1.82, 2.24) is 10.3 Å². The third kappa shape index (κ3) is 5.50. The molecule has 3 heteroatoms. The number of hydrogen-bond donors (Lipinski definition) is 1. The highest BCUT2D eigenvalue weighted by Crippen LogP contribution is 2.16. The Kier molecular flexibility index (Phi) is 5.15. The summed E-state index contributed by atoms with van der Waals surface area (Å²) in [5.41, 5.74) is 1.11. The molecule has 0 bridgehead atoms. The molecule has 0 fully saturated rings. The van der Waals surface area contributed by atoms with Gasteiger partial charge in [0.15, 0.2) is 0 Å². The Bertz CT molecular complexity index is 369. The van der Waals surface area contributed by atoms with E-state index in [1.165, 1.54) is 0 Å². The molecule has 1 heterocycles. The SMILES string of the molecule is CC(C)C(C)Oc1ccnc(CNC(C)(C)C)c1. The minimum atomic E-state index is 0.101. The zero-order valence-corrected chi connectivity index (χ0v) is 12.4. The van der Waals surface area contributed by atoms with E-state index in [2.05, 4.69) is 51.8 Å². The third-order valence-corrected chi connectivity index (χ3v) is 2.85. The van der Waals surface area contributed by atoms with Crippen molar-refractivity contribution in [3.63, 3.8) is 0 Å². The quantitative estimate of drug-likeness (QED) is 0.869. The van der Waals surface area contributed by atoms with E-state index in [9.17, 15) is 0 Å². The first-order valence-electron chi connectivity index (χ1n) is 6.64. The lowest BCUT2D eigenvalue weighted by Crippen LogP contribution is -2.35. The first kappa shape index (κ1) is 15.0. The minimum Gasteiger partial charge on any atom is -0.490 e. The second kappa shape index (κ2) is 6.19. The predicted octanol–water partition coefficient (Wildman–Crippen LogP) is 3.39. The van der Waals surface area contributed by atoms with Gasteiger partial charge in [0.25, 0.3) is 0 Å². The molecule has 0 amide bonds. The van der Waals surface area contributed by atoms with Gasteiger partial charge < -0.3 is 10.1 Å². The molecule has 0 aliphatic carbocycles. The summed E-state index contributed by atoms with van der Waals surface area (Å²) in [6.07, 6.45) is 2.03. The van der Waals surface area contributed by atoms with Crippen molar-refractivity contribution in [3.8, 4) is 5.75 Å². The largest absolute Gasteiger partial charge is 0.490 e. The lowest BCUT2D eigenvalue weighted by Gasteiger charge is -2.21. The van der Waals surface area contributed by atoms with E-state index < -0.39 is 0 Å². The summed E-state index contributed by atoms with van der Waals surface area (Å²) in [6, 6.07) is 3.93. The van der Waals surface area contributed by atoms with Crippen LogP contribution in [0.15, 0.2) is 18.3 Å². The number of rotatable bonds is 5. The molecule has 102 valence electrons. The van der Waals surface area contributed by atoms with Crippen molar-refractivity contribution in [2.45, 2.75) is 59.7 Å². The first-order chi connectivity index (χ1) is 8.28. The van der Waals surface area contributed by atoms with Crippen molar-refractivity contribution >= 4 is 0 Å². The van der Waals surface area contributed by atoms with Crippen LogP contribution in [0.2, 0.25) is 0 Å². The van der Waals surface area contributed by atoms with Gasteiger partial charge in [-0.05, 0) is 39.7 Å². The average Bonchev–Trinajstić information content (AvgIpc) is 2.26. The van der Waals surface area contributed by atoms with Crippen molar-refractivity contribution in [2.24, 2.45) is 5.92 Å². The lowest BCUT2D eigenvalue weighted by molar-refractivity contribution is 0.170. The normalized spacial score (nSPS) is 13.7. The van der Waals surface area contributed by atoms with Gasteiger partial charge in [0, 0.05) is 24.3 Å². The topological polar surface area (TPSA) is 34.1 Å². The number of pyridine rings is 1. The molecule has 0 spiro atoms. The number of hydrogen-bond acceptors (Lipinski definition) is 3. The summed E-state index contributed by atoms with van der Waals surface area (Å²) in [5.74, 6) is 1.41. The molecule has 0 aliphatic heterocycles. The lowest BCUT2D eigenvalue weighted by atomic mass is 10.1. The minimum absolute atomic E-state index is 0.101. The van der Waals surface area contributed by atoms with Gasteiger partial charge in [-0.3, -0.25) is 4.98 Å². The molecule has 0 radical (unpaired) electrons. The summed E-state index contributed by atoms with van der Waals surface area (Å²) < 4.78 is 5.88. The molecule has 1 rings (SSSR count). The molecular weight excluding hydrogens is 224 g/mol. The van der Waals surface area contributed by atoms with Crippen LogP contribution >= 0.6 is 0 Å². The molecule has 0 aromatic carbocycles. The number of nitrogens with one attached hydrogen (secondary N) is 1. The number of ether oxygens (including phenoxy) is 1. The summed E-state index contributed by atoms with van der Waals surface area (Å²) in [5, 5.41) is 3.42. The van der Waals surface area contributed by atoms with Crippen LogP contribution in [-0.4, -0.2) is 16.6 Å². The molecule has 1 aromatic heterocycles. The van der Waals surface area contributed by atoms with Crippen LogP contribution < -0.4 is 10.1 Å². The van der Waals surface area contributed by atoms with Crippen LogP contribution in [0.25, 0.3) is 0 Å². The first-order valence-corrected chi connectivity index (χ1v) is 6.64. The van der Waals surface area contributed by atoms with Gasteiger partial charge in [-0.1, -0.05) is 13.8 Å². The van der Waals surface area contributed by atoms with Gasteiger partial charge in [0.1, 0.15) is 5.75 Å². The van der Waals surface area contributed by atoms with Crippen molar-refractivity contribution in [3.05, 3.63) is 24.0 Å². The van der Waals surface area contributed by atoms with E-state index in [-0.39, 0.29) is 11.6 Å². The van der Waals surface area contributed by atoms with E-state index in [0.29, 0.717) is 5.92 Å². The second-order valence-corrected chi connectivity index (χ2v) is 6.15. The van der Waals surface area contributed by atoms with Crippen molar-refractivity contribution in [2.75, 3.05) is 0 Å². The summed E-state index contributed by atoms with van der Waals surface area (Å²) in [7, 11) is 0. The molecule has 1 N–H and O–H groups in total. The Morgan fingerprint density at radius 3 is 2.50 bits per heavy atom. The van der Waals surface area contributed by atoms with Crippen LogP contribution in [0.1, 0.15) is 47.2 Å². The van der Waals surface area contributed by atoms with Crippen LogP contribution in [0.3, 0.4) is 0 Å². The zero-order valence-electron chi connectivity index (χ0n) is 12.4. The Labute approximate surface area is 111 Å². The fourth-order valence-electron chi connectivity index (χ4n) is 1.33. The number of nitrogens with zero attached hydrogens (tertiary/aromatic N) is 1. The molecule has 1 atom stereocenters. The molecule has 1 unspecified atom stereocenters. The van der Waals surface area contributed by atoms with Crippen LogP contribution in [-0.2, 0) is 6.54 Å². The smallest absolute Gasteiger partial charge is 0.123 e. The molecular formula is C15H26N2O. The van der Waals surface area contributed by atoms with Gasteiger partial charge in [-0.2, -0.15) is 0 Å². The van der Waals surface area contributed by atoms with Crippen molar-refractivity contribution in [1.29, 1.82) is 0 Å².